The van der Waals surface area contributed by atoms with E-state index in [2.05, 4.69) is 14.8 Å². The average molecular weight is 275 g/mol. The highest BCUT2D eigenvalue weighted by molar-refractivity contribution is 5.51. The molecular formula is C16H25N3O. The lowest BCUT2D eigenvalue weighted by molar-refractivity contribution is 0.221. The number of anilines is 1. The number of likely N-dealkylation sites (tertiary alicyclic amines) is 1. The summed E-state index contributed by atoms with van der Waals surface area (Å²) in [5.74, 6) is 0. The van der Waals surface area contributed by atoms with Crippen molar-refractivity contribution in [3.8, 4) is 0 Å². The van der Waals surface area contributed by atoms with Gasteiger partial charge in [0.25, 0.3) is 0 Å². The van der Waals surface area contributed by atoms with E-state index in [0.29, 0.717) is 0 Å². The minimum Gasteiger partial charge on any atom is -0.370 e. The molecule has 110 valence electrons. The molecule has 3 rings (SSSR count). The quantitative estimate of drug-likeness (QED) is 0.920. The third-order valence-corrected chi connectivity index (χ3v) is 4.52. The number of H-pyrrole nitrogens is 1. The molecule has 1 N–H and O–H groups in total. The smallest absolute Gasteiger partial charge is 0.248 e. The Kier molecular flexibility index (Phi) is 4.41. The standard InChI is InChI=1S/C16H25N3O/c20-16-11-14(13-18-7-3-1-4-8-18)15(12-17-16)19-9-5-2-6-10-19/h11-12H,1-10,13H2,(H,17,20). The topological polar surface area (TPSA) is 39.3 Å². The van der Waals surface area contributed by atoms with Crippen molar-refractivity contribution in [1.29, 1.82) is 0 Å². The molecule has 0 amide bonds. The molecule has 3 heterocycles. The second kappa shape index (κ2) is 6.44. The molecular weight excluding hydrogens is 250 g/mol. The van der Waals surface area contributed by atoms with Crippen LogP contribution >= 0.6 is 0 Å². The van der Waals surface area contributed by atoms with E-state index in [9.17, 15) is 4.79 Å². The number of nitrogens with one attached hydrogen (secondary N) is 1. The third kappa shape index (κ3) is 3.23. The Morgan fingerprint density at radius 2 is 1.60 bits per heavy atom. The highest BCUT2D eigenvalue weighted by Crippen LogP contribution is 2.24. The second-order valence-electron chi connectivity index (χ2n) is 6.09. The van der Waals surface area contributed by atoms with Gasteiger partial charge in [0.1, 0.15) is 0 Å². The van der Waals surface area contributed by atoms with Gasteiger partial charge in [-0.15, -0.1) is 0 Å². The summed E-state index contributed by atoms with van der Waals surface area (Å²) in [6, 6.07) is 1.80. The normalized spacial score (nSPS) is 21.1. The maximum atomic E-state index is 11.7. The van der Waals surface area contributed by atoms with E-state index < -0.39 is 0 Å². The van der Waals surface area contributed by atoms with E-state index in [1.54, 1.807) is 6.07 Å². The summed E-state index contributed by atoms with van der Waals surface area (Å²) >= 11 is 0. The number of hydrogen-bond donors (Lipinski definition) is 1. The van der Waals surface area contributed by atoms with E-state index in [1.165, 1.54) is 62.9 Å². The molecule has 0 spiro atoms. The zero-order valence-corrected chi connectivity index (χ0v) is 12.2. The lowest BCUT2D eigenvalue weighted by Crippen LogP contribution is -2.34. The lowest BCUT2D eigenvalue weighted by Gasteiger charge is -2.32. The highest BCUT2D eigenvalue weighted by Gasteiger charge is 2.18. The van der Waals surface area contributed by atoms with Crippen LogP contribution in [0.2, 0.25) is 0 Å². The van der Waals surface area contributed by atoms with Gasteiger partial charge in [-0.05, 0) is 50.8 Å². The molecule has 0 saturated carbocycles. The first kappa shape index (κ1) is 13.7. The minimum absolute atomic E-state index is 0.0257. The minimum atomic E-state index is 0.0257. The predicted octanol–water partition coefficient (Wildman–Crippen LogP) is 2.35. The van der Waals surface area contributed by atoms with Crippen LogP contribution in [-0.4, -0.2) is 36.1 Å². The van der Waals surface area contributed by atoms with Crippen LogP contribution in [0.25, 0.3) is 0 Å². The van der Waals surface area contributed by atoms with Crippen LogP contribution in [0.4, 0.5) is 5.69 Å². The summed E-state index contributed by atoms with van der Waals surface area (Å²) < 4.78 is 0. The van der Waals surface area contributed by atoms with Gasteiger partial charge < -0.3 is 9.88 Å². The van der Waals surface area contributed by atoms with E-state index in [4.69, 9.17) is 0 Å². The first-order chi connectivity index (χ1) is 9.83. The monoisotopic (exact) mass is 275 g/mol. The van der Waals surface area contributed by atoms with Crippen LogP contribution < -0.4 is 10.5 Å². The molecule has 0 radical (unpaired) electrons. The van der Waals surface area contributed by atoms with Crippen LogP contribution in [0.3, 0.4) is 0 Å². The number of piperidine rings is 2. The number of rotatable bonds is 3. The SMILES string of the molecule is O=c1cc(CN2CCCCC2)c(N2CCCCC2)c[nH]1. The molecule has 2 saturated heterocycles. The Labute approximate surface area is 120 Å². The molecule has 2 aliphatic rings. The summed E-state index contributed by atoms with van der Waals surface area (Å²) in [6.07, 6.45) is 9.73. The number of aromatic amines is 1. The van der Waals surface area contributed by atoms with Crippen molar-refractivity contribution in [2.45, 2.75) is 45.1 Å². The molecule has 0 atom stereocenters. The van der Waals surface area contributed by atoms with Gasteiger partial charge in [0.2, 0.25) is 5.56 Å². The first-order valence-electron chi connectivity index (χ1n) is 8.02. The molecule has 0 aromatic carbocycles. The van der Waals surface area contributed by atoms with Crippen molar-refractivity contribution in [3.05, 3.63) is 28.2 Å². The van der Waals surface area contributed by atoms with Gasteiger partial charge in [0, 0.05) is 31.9 Å². The fraction of sp³-hybridized carbons (Fsp3) is 0.688. The summed E-state index contributed by atoms with van der Waals surface area (Å²) in [7, 11) is 0. The second-order valence-corrected chi connectivity index (χ2v) is 6.09. The van der Waals surface area contributed by atoms with Crippen LogP contribution in [0, 0.1) is 0 Å². The van der Waals surface area contributed by atoms with Gasteiger partial charge in [0.05, 0.1) is 5.69 Å². The Morgan fingerprint density at radius 3 is 2.30 bits per heavy atom. The summed E-state index contributed by atoms with van der Waals surface area (Å²) in [6.45, 7) is 5.52. The van der Waals surface area contributed by atoms with Gasteiger partial charge in [0.15, 0.2) is 0 Å². The zero-order valence-electron chi connectivity index (χ0n) is 12.2. The number of pyridine rings is 1. The molecule has 1 aromatic rings. The summed E-state index contributed by atoms with van der Waals surface area (Å²) in [5, 5.41) is 0. The molecule has 2 fully saturated rings. The maximum absolute atomic E-state index is 11.7. The Morgan fingerprint density at radius 1 is 0.950 bits per heavy atom. The summed E-state index contributed by atoms with van der Waals surface area (Å²) in [4.78, 5) is 19.5. The molecule has 0 bridgehead atoms. The van der Waals surface area contributed by atoms with Crippen molar-refractivity contribution in [2.24, 2.45) is 0 Å². The molecule has 0 unspecified atom stereocenters. The van der Waals surface area contributed by atoms with Gasteiger partial charge in [-0.1, -0.05) is 6.42 Å². The zero-order chi connectivity index (χ0) is 13.8. The van der Waals surface area contributed by atoms with E-state index in [1.807, 2.05) is 6.20 Å². The largest absolute Gasteiger partial charge is 0.370 e. The third-order valence-electron chi connectivity index (χ3n) is 4.52. The molecule has 2 aliphatic heterocycles. The van der Waals surface area contributed by atoms with Crippen molar-refractivity contribution in [2.75, 3.05) is 31.1 Å². The Hall–Kier alpha value is -1.29. The Balaban J connectivity index is 1.79. The van der Waals surface area contributed by atoms with Gasteiger partial charge in [-0.2, -0.15) is 0 Å². The maximum Gasteiger partial charge on any atom is 0.248 e. The molecule has 4 nitrogen and oxygen atoms in total. The molecule has 0 aliphatic carbocycles. The summed E-state index contributed by atoms with van der Waals surface area (Å²) in [5.41, 5.74) is 2.48. The molecule has 1 aromatic heterocycles. The number of hydrogen-bond acceptors (Lipinski definition) is 3. The predicted molar refractivity (Wildman–Crippen MR) is 82.3 cm³/mol. The number of aromatic nitrogens is 1. The van der Waals surface area contributed by atoms with E-state index in [-0.39, 0.29) is 5.56 Å². The van der Waals surface area contributed by atoms with Crippen LogP contribution in [-0.2, 0) is 6.54 Å². The van der Waals surface area contributed by atoms with Crippen LogP contribution in [0.15, 0.2) is 17.1 Å². The fourth-order valence-corrected chi connectivity index (χ4v) is 3.42. The highest BCUT2D eigenvalue weighted by atomic mass is 16.1. The van der Waals surface area contributed by atoms with E-state index in [0.717, 1.165) is 19.6 Å². The fourth-order valence-electron chi connectivity index (χ4n) is 3.42. The average Bonchev–Trinajstić information content (AvgIpc) is 2.49. The van der Waals surface area contributed by atoms with Crippen molar-refractivity contribution >= 4 is 5.69 Å². The Bertz CT molecular complexity index is 485. The molecule has 4 heteroatoms. The van der Waals surface area contributed by atoms with Gasteiger partial charge in [-0.25, -0.2) is 0 Å². The van der Waals surface area contributed by atoms with Crippen LogP contribution in [0.1, 0.15) is 44.1 Å². The van der Waals surface area contributed by atoms with Crippen molar-refractivity contribution < 1.29 is 0 Å². The van der Waals surface area contributed by atoms with Gasteiger partial charge >= 0.3 is 0 Å². The number of nitrogens with zero attached hydrogens (tertiary/aromatic N) is 2. The van der Waals surface area contributed by atoms with Crippen LogP contribution in [0.5, 0.6) is 0 Å². The van der Waals surface area contributed by atoms with Gasteiger partial charge in [-0.3, -0.25) is 9.69 Å². The van der Waals surface area contributed by atoms with Crippen molar-refractivity contribution in [3.63, 3.8) is 0 Å². The molecule has 20 heavy (non-hydrogen) atoms. The van der Waals surface area contributed by atoms with E-state index >= 15 is 0 Å². The lowest BCUT2D eigenvalue weighted by atomic mass is 10.1. The first-order valence-corrected chi connectivity index (χ1v) is 8.02. The van der Waals surface area contributed by atoms with Crippen molar-refractivity contribution in [1.82, 2.24) is 9.88 Å².